The number of cyclic esters (lactones) is 2. The van der Waals surface area contributed by atoms with Gasteiger partial charge in [0.2, 0.25) is 41.2 Å². The van der Waals surface area contributed by atoms with E-state index in [0.717, 1.165) is 6.92 Å². The molecule has 3 fully saturated rings. The zero-order chi connectivity index (χ0) is 57.6. The van der Waals surface area contributed by atoms with Gasteiger partial charge in [0.15, 0.2) is 11.9 Å². The summed E-state index contributed by atoms with van der Waals surface area (Å²) in [5, 5.41) is 8.48. The molecule has 1 aromatic rings. The first-order chi connectivity index (χ1) is 36.2. The molecule has 3 heterocycles. The number of fused-ring (bicyclic) bond motifs is 1. The quantitative estimate of drug-likeness (QED) is 0.129. The molecule has 3 aliphatic heterocycles. The van der Waals surface area contributed by atoms with E-state index in [1.54, 1.807) is 38.1 Å². The number of ketones is 2. The number of nitrogens with one attached hydrogen (secondary N) is 3. The first kappa shape index (κ1) is 63.1. The molecular formula is C56H85N7O14. The van der Waals surface area contributed by atoms with Crippen LogP contribution >= 0.6 is 0 Å². The van der Waals surface area contributed by atoms with Gasteiger partial charge in [-0.25, -0.2) is 4.79 Å². The molecule has 3 N–H and O–H groups in total. The van der Waals surface area contributed by atoms with E-state index in [0.29, 0.717) is 30.6 Å². The van der Waals surface area contributed by atoms with Crippen LogP contribution in [0.2, 0.25) is 0 Å². The summed E-state index contributed by atoms with van der Waals surface area (Å²) in [6.07, 6.45) is -1.70. The van der Waals surface area contributed by atoms with Crippen LogP contribution in [0.25, 0.3) is 0 Å². The van der Waals surface area contributed by atoms with Gasteiger partial charge in [0, 0.05) is 53.0 Å². The third-order valence-corrected chi connectivity index (χ3v) is 14.9. The third-order valence-electron chi connectivity index (χ3n) is 14.9. The van der Waals surface area contributed by atoms with Crippen LogP contribution < -0.4 is 20.7 Å². The van der Waals surface area contributed by atoms with Gasteiger partial charge in [0.25, 0.3) is 5.91 Å². The summed E-state index contributed by atoms with van der Waals surface area (Å²) in [5.74, 6) is -8.64. The predicted molar refractivity (Wildman–Crippen MR) is 283 cm³/mol. The van der Waals surface area contributed by atoms with Crippen molar-refractivity contribution in [1.82, 2.24) is 35.6 Å². The van der Waals surface area contributed by atoms with Gasteiger partial charge < -0.3 is 49.8 Å². The van der Waals surface area contributed by atoms with Crippen LogP contribution in [0.1, 0.15) is 139 Å². The fourth-order valence-corrected chi connectivity index (χ4v) is 10.3. The number of likely N-dealkylation sites (N-methyl/N-ethyl adjacent to an activating group) is 2. The number of hydrogen-bond acceptors (Lipinski definition) is 14. The van der Waals surface area contributed by atoms with Crippen molar-refractivity contribution in [1.29, 1.82) is 0 Å². The topological polar surface area (TPSA) is 265 Å². The summed E-state index contributed by atoms with van der Waals surface area (Å²) < 4.78 is 17.3. The van der Waals surface area contributed by atoms with Gasteiger partial charge in [-0.2, -0.15) is 0 Å². The van der Waals surface area contributed by atoms with Gasteiger partial charge in [-0.3, -0.25) is 47.9 Å². The highest BCUT2D eigenvalue weighted by molar-refractivity contribution is 6.35. The van der Waals surface area contributed by atoms with Crippen molar-refractivity contribution in [2.75, 3.05) is 34.3 Å². The summed E-state index contributed by atoms with van der Waals surface area (Å²) in [6, 6.07) is -1.40. The van der Waals surface area contributed by atoms with E-state index in [1.807, 2.05) is 41.5 Å². The van der Waals surface area contributed by atoms with Crippen molar-refractivity contribution in [2.45, 2.75) is 194 Å². The zero-order valence-electron chi connectivity index (χ0n) is 47.5. The summed E-state index contributed by atoms with van der Waals surface area (Å²) in [7, 11) is 4.33. The number of esters is 2. The van der Waals surface area contributed by atoms with Crippen molar-refractivity contribution >= 4 is 64.9 Å². The second-order valence-electron chi connectivity index (χ2n) is 22.2. The summed E-state index contributed by atoms with van der Waals surface area (Å²) in [6.45, 7) is 17.3. The molecular weight excluding hydrogens is 995 g/mol. The minimum absolute atomic E-state index is 0.00545. The molecule has 4 rings (SSSR count). The minimum atomic E-state index is -1.65. The number of carbonyl (C=O) groups is 11. The van der Waals surface area contributed by atoms with Crippen LogP contribution in [0.15, 0.2) is 24.3 Å². The SMILES string of the molecule is CC[C@H](C)[C@@H]1CCC(=O)O[C@@H](C(C)C)C(=O)CC(=O)N[C@@H](CC(C)C)C(=O)N2CCC[C@H]2C(=O)N(C)[C@@H](Cc2ccc(OC)cc2)C(=O)O[C@H](C)[C@H](NC(=O)C(CC(C)C)N(C)C(=O)[C@@H]2CCCN2C(=O)C(C)=O)C(=O)N1. The molecule has 0 bridgehead atoms. The Morgan fingerprint density at radius 2 is 1.51 bits per heavy atom. The highest BCUT2D eigenvalue weighted by atomic mass is 16.6. The maximum Gasteiger partial charge on any atom is 0.329 e. The first-order valence-corrected chi connectivity index (χ1v) is 27.3. The number of methoxy groups -OCH3 is 1. The lowest BCUT2D eigenvalue weighted by atomic mass is 9.94. The Morgan fingerprint density at radius 1 is 0.857 bits per heavy atom. The Bertz CT molecular complexity index is 2300. The molecule has 0 aromatic heterocycles. The smallest absolute Gasteiger partial charge is 0.329 e. The molecule has 0 saturated carbocycles. The van der Waals surface area contributed by atoms with Crippen LogP contribution in [0.4, 0.5) is 0 Å². The average Bonchev–Trinajstić information content (AvgIpc) is 4.08. The van der Waals surface area contributed by atoms with Gasteiger partial charge in [-0.15, -0.1) is 0 Å². The fourth-order valence-electron chi connectivity index (χ4n) is 10.3. The molecule has 428 valence electrons. The van der Waals surface area contributed by atoms with Crippen molar-refractivity contribution in [3.8, 4) is 5.75 Å². The highest BCUT2D eigenvalue weighted by Gasteiger charge is 2.45. The van der Waals surface area contributed by atoms with Crippen LogP contribution in [0, 0.1) is 23.7 Å². The number of ether oxygens (including phenoxy) is 3. The summed E-state index contributed by atoms with van der Waals surface area (Å²) >= 11 is 0. The van der Waals surface area contributed by atoms with Gasteiger partial charge in [0.1, 0.15) is 48.1 Å². The van der Waals surface area contributed by atoms with E-state index in [2.05, 4.69) is 16.0 Å². The fraction of sp³-hybridized carbons (Fsp3) is 0.696. The Balaban J connectivity index is 1.85. The first-order valence-electron chi connectivity index (χ1n) is 27.3. The second-order valence-corrected chi connectivity index (χ2v) is 22.2. The Hall–Kier alpha value is -6.41. The number of hydrogen-bond donors (Lipinski definition) is 3. The van der Waals surface area contributed by atoms with E-state index >= 15 is 0 Å². The molecule has 0 spiro atoms. The number of likely N-dealkylation sites (tertiary alicyclic amines) is 1. The summed E-state index contributed by atoms with van der Waals surface area (Å²) in [5.41, 5.74) is 0.596. The van der Waals surface area contributed by atoms with E-state index in [9.17, 15) is 52.7 Å². The average molecular weight is 1080 g/mol. The molecule has 7 amide bonds. The second kappa shape index (κ2) is 28.8. The predicted octanol–water partition coefficient (Wildman–Crippen LogP) is 3.31. The van der Waals surface area contributed by atoms with E-state index in [-0.39, 0.29) is 75.8 Å². The molecule has 0 radical (unpaired) electrons. The lowest BCUT2D eigenvalue weighted by Crippen LogP contribution is -2.61. The van der Waals surface area contributed by atoms with Crippen LogP contribution in [0.3, 0.4) is 0 Å². The Labute approximate surface area is 453 Å². The summed E-state index contributed by atoms with van der Waals surface area (Å²) in [4.78, 5) is 159. The molecule has 1 aromatic carbocycles. The lowest BCUT2D eigenvalue weighted by Gasteiger charge is -2.36. The molecule has 3 saturated heterocycles. The molecule has 3 aliphatic rings. The molecule has 21 nitrogen and oxygen atoms in total. The lowest BCUT2D eigenvalue weighted by molar-refractivity contribution is -0.162. The van der Waals surface area contributed by atoms with Crippen molar-refractivity contribution in [2.24, 2.45) is 23.7 Å². The zero-order valence-corrected chi connectivity index (χ0v) is 47.5. The maximum absolute atomic E-state index is 14.9. The monoisotopic (exact) mass is 1080 g/mol. The Kier molecular flexibility index (Phi) is 23.6. The van der Waals surface area contributed by atoms with Gasteiger partial charge in [-0.05, 0) is 93.2 Å². The number of rotatable bonds is 15. The molecule has 1 unspecified atom stereocenters. The standard InChI is InChI=1S/C56H85N7O14/c1-14-34(8)39-23-24-47(67)77-49(33(6)7)45(65)30-46(66)57-40(27-31(2)3)53(71)63-26-16-18-42(63)55(73)61(12)44(29-37-19-21-38(75-13)22-20-37)56(74)76-36(10)48(51(69)58-39)59-50(68)43(28-32(4)5)60(11)54(72)41-17-15-25-62(41)52(70)35(9)64/h19-22,31-34,36,39-44,48-49H,14-18,23-30H2,1-13H3,(H,57,66)(H,58,69)(H,59,68)/t34-,36+,39-,40-,41-,42-,43?,44-,48-,49-/m0/s1. The number of nitrogens with zero attached hydrogens (tertiary/aromatic N) is 4. The molecule has 77 heavy (non-hydrogen) atoms. The van der Waals surface area contributed by atoms with Crippen LogP contribution in [0.5, 0.6) is 5.75 Å². The van der Waals surface area contributed by atoms with Crippen LogP contribution in [-0.4, -0.2) is 173 Å². The van der Waals surface area contributed by atoms with Crippen molar-refractivity contribution in [3.05, 3.63) is 29.8 Å². The van der Waals surface area contributed by atoms with E-state index in [4.69, 9.17) is 14.2 Å². The Morgan fingerprint density at radius 3 is 2.09 bits per heavy atom. The largest absolute Gasteiger partial charge is 0.497 e. The maximum atomic E-state index is 14.9. The number of Topliss-reactive ketones (excluding diaryl/α,β-unsaturated/α-hetero) is 2. The molecule has 0 aliphatic carbocycles. The third kappa shape index (κ3) is 17.0. The normalized spacial score (nSPS) is 25.7. The number of amides is 7. The van der Waals surface area contributed by atoms with Crippen LogP contribution in [-0.2, 0) is 68.6 Å². The van der Waals surface area contributed by atoms with Crippen molar-refractivity contribution < 1.29 is 67.0 Å². The van der Waals surface area contributed by atoms with E-state index < -0.39 is 132 Å². The number of benzene rings is 1. The molecule has 21 heteroatoms. The van der Waals surface area contributed by atoms with Crippen molar-refractivity contribution in [3.63, 3.8) is 0 Å². The van der Waals surface area contributed by atoms with Gasteiger partial charge >= 0.3 is 11.9 Å². The van der Waals surface area contributed by atoms with E-state index in [1.165, 1.54) is 47.7 Å². The molecule has 10 atom stereocenters. The minimum Gasteiger partial charge on any atom is -0.497 e. The highest BCUT2D eigenvalue weighted by Crippen LogP contribution is 2.27. The van der Waals surface area contributed by atoms with Gasteiger partial charge in [0.05, 0.1) is 13.5 Å². The number of carbonyl (C=O) groups excluding carboxylic acids is 11. The van der Waals surface area contributed by atoms with Gasteiger partial charge in [-0.1, -0.05) is 73.9 Å².